The predicted molar refractivity (Wildman–Crippen MR) is 158 cm³/mol. The Hall–Kier alpha value is -2.96. The number of fused-ring (bicyclic) bond motifs is 1. The number of nitrogens with zero attached hydrogens (tertiary/aromatic N) is 4. The molecular formula is C28H31ClF2N4O3S2. The van der Waals surface area contributed by atoms with E-state index in [1.807, 2.05) is 49.3 Å². The second-order valence-corrected chi connectivity index (χ2v) is 12.2. The Morgan fingerprint density at radius 1 is 0.975 bits per heavy atom. The standard InChI is InChI=1S/C28H30F2N4O3S2.ClH/c1-4-33(19-20-9-6-5-7-10-20)39(36,37)23-13-11-21(12-14-23)27(35)34(16-8-15-32(2)3)28-31-26-24(30)17-22(29)18-25(26)38-28;/h5-7,9-14,17-18H,4,8,15-16,19H2,1-3H3;1H. The normalized spacial score (nSPS) is 11.7. The fourth-order valence-corrected chi connectivity index (χ4v) is 6.58. The molecule has 40 heavy (non-hydrogen) atoms. The van der Waals surface area contributed by atoms with Crippen molar-refractivity contribution in [2.75, 3.05) is 38.6 Å². The molecule has 0 spiro atoms. The maximum absolute atomic E-state index is 14.3. The second-order valence-electron chi connectivity index (χ2n) is 9.29. The van der Waals surface area contributed by atoms with Gasteiger partial charge < -0.3 is 4.90 Å². The van der Waals surface area contributed by atoms with Crippen molar-refractivity contribution in [3.63, 3.8) is 0 Å². The molecule has 0 saturated heterocycles. The Morgan fingerprint density at radius 3 is 2.27 bits per heavy atom. The lowest BCUT2D eigenvalue weighted by molar-refractivity contribution is 0.0986. The van der Waals surface area contributed by atoms with Gasteiger partial charge in [-0.25, -0.2) is 22.2 Å². The quantitative estimate of drug-likeness (QED) is 0.215. The molecule has 0 N–H and O–H groups in total. The fraction of sp³-hybridized carbons (Fsp3) is 0.286. The van der Waals surface area contributed by atoms with Gasteiger partial charge in [0.05, 0.1) is 9.60 Å². The summed E-state index contributed by atoms with van der Waals surface area (Å²) in [6, 6.07) is 17.1. The third kappa shape index (κ3) is 7.21. The van der Waals surface area contributed by atoms with Gasteiger partial charge in [-0.3, -0.25) is 9.69 Å². The molecule has 0 aliphatic rings. The van der Waals surface area contributed by atoms with E-state index in [2.05, 4.69) is 4.98 Å². The van der Waals surface area contributed by atoms with Gasteiger partial charge >= 0.3 is 0 Å². The smallest absolute Gasteiger partial charge is 0.260 e. The first kappa shape index (κ1) is 31.6. The molecule has 1 aromatic heterocycles. The zero-order valence-electron chi connectivity index (χ0n) is 22.4. The lowest BCUT2D eigenvalue weighted by atomic mass is 10.2. The number of halogens is 3. The summed E-state index contributed by atoms with van der Waals surface area (Å²) in [7, 11) is 0.0318. The van der Waals surface area contributed by atoms with E-state index in [4.69, 9.17) is 0 Å². The molecule has 0 aliphatic heterocycles. The SMILES string of the molecule is CCN(Cc1ccccc1)S(=O)(=O)c1ccc(C(=O)N(CCCN(C)C)c2nc3c(F)cc(F)cc3s2)cc1.Cl. The molecule has 7 nitrogen and oxygen atoms in total. The van der Waals surface area contributed by atoms with Gasteiger partial charge in [0.1, 0.15) is 11.3 Å². The van der Waals surface area contributed by atoms with Crippen LogP contribution in [0.2, 0.25) is 0 Å². The van der Waals surface area contributed by atoms with Crippen molar-refractivity contribution in [2.24, 2.45) is 0 Å². The van der Waals surface area contributed by atoms with Crippen LogP contribution >= 0.6 is 23.7 Å². The van der Waals surface area contributed by atoms with Crippen molar-refractivity contribution in [3.8, 4) is 0 Å². The summed E-state index contributed by atoms with van der Waals surface area (Å²) in [5, 5.41) is 0.245. The molecule has 0 radical (unpaired) electrons. The fourth-order valence-electron chi connectivity index (χ4n) is 4.12. The van der Waals surface area contributed by atoms with Gasteiger partial charge in [0.15, 0.2) is 10.9 Å². The Bertz CT molecular complexity index is 1550. The third-order valence-electron chi connectivity index (χ3n) is 6.16. The van der Waals surface area contributed by atoms with Gasteiger partial charge in [-0.05, 0) is 63.0 Å². The number of hydrogen-bond acceptors (Lipinski definition) is 6. The molecule has 1 heterocycles. The van der Waals surface area contributed by atoms with Crippen LogP contribution in [0.1, 0.15) is 29.3 Å². The van der Waals surface area contributed by atoms with E-state index in [-0.39, 0.29) is 46.6 Å². The Morgan fingerprint density at radius 2 is 1.65 bits per heavy atom. The van der Waals surface area contributed by atoms with E-state index < -0.39 is 27.6 Å². The molecule has 0 aliphatic carbocycles. The van der Waals surface area contributed by atoms with Crippen molar-refractivity contribution in [2.45, 2.75) is 24.8 Å². The molecule has 0 atom stereocenters. The molecular weight excluding hydrogens is 578 g/mol. The first-order chi connectivity index (χ1) is 18.6. The average molecular weight is 609 g/mol. The zero-order chi connectivity index (χ0) is 28.2. The molecule has 0 saturated carbocycles. The van der Waals surface area contributed by atoms with Crippen LogP contribution in [0.5, 0.6) is 0 Å². The highest BCUT2D eigenvalue weighted by Gasteiger charge is 2.26. The largest absolute Gasteiger partial charge is 0.309 e. The summed E-state index contributed by atoms with van der Waals surface area (Å²) in [5.41, 5.74) is 1.13. The zero-order valence-corrected chi connectivity index (χ0v) is 24.8. The van der Waals surface area contributed by atoms with Gasteiger partial charge in [-0.15, -0.1) is 12.4 Å². The van der Waals surface area contributed by atoms with Crippen LogP contribution in [0.15, 0.2) is 71.6 Å². The number of aromatic nitrogens is 1. The van der Waals surface area contributed by atoms with Crippen LogP contribution in [0.4, 0.5) is 13.9 Å². The highest BCUT2D eigenvalue weighted by Crippen LogP contribution is 2.32. The molecule has 0 unspecified atom stereocenters. The van der Waals surface area contributed by atoms with Crippen LogP contribution in [0, 0.1) is 11.6 Å². The summed E-state index contributed by atoms with van der Waals surface area (Å²) in [4.78, 5) is 21.4. The second kappa shape index (κ2) is 13.6. The summed E-state index contributed by atoms with van der Waals surface area (Å²) in [6.07, 6.45) is 0.614. The number of amides is 1. The van der Waals surface area contributed by atoms with E-state index in [9.17, 15) is 22.0 Å². The number of hydrogen-bond donors (Lipinski definition) is 0. The first-order valence-corrected chi connectivity index (χ1v) is 14.7. The molecule has 4 rings (SSSR count). The van der Waals surface area contributed by atoms with E-state index in [1.54, 1.807) is 6.92 Å². The third-order valence-corrected chi connectivity index (χ3v) is 9.12. The van der Waals surface area contributed by atoms with Crippen molar-refractivity contribution in [1.29, 1.82) is 0 Å². The van der Waals surface area contributed by atoms with E-state index >= 15 is 0 Å². The number of benzene rings is 3. The van der Waals surface area contributed by atoms with Gasteiger partial charge in [0, 0.05) is 31.3 Å². The highest BCUT2D eigenvalue weighted by molar-refractivity contribution is 7.89. The Labute approximate surface area is 243 Å². The molecule has 0 fully saturated rings. The lowest BCUT2D eigenvalue weighted by Gasteiger charge is -2.22. The van der Waals surface area contributed by atoms with Crippen LogP contribution < -0.4 is 4.90 Å². The number of anilines is 1. The number of carbonyl (C=O) groups excluding carboxylic acids is 1. The minimum Gasteiger partial charge on any atom is -0.309 e. The van der Waals surface area contributed by atoms with Crippen molar-refractivity contribution in [3.05, 3.63) is 89.5 Å². The lowest BCUT2D eigenvalue weighted by Crippen LogP contribution is -2.33. The molecule has 4 aromatic rings. The average Bonchev–Trinajstić information content (AvgIpc) is 3.34. The van der Waals surface area contributed by atoms with Crippen molar-refractivity contribution < 1.29 is 22.0 Å². The van der Waals surface area contributed by atoms with Gasteiger partial charge in [-0.1, -0.05) is 48.6 Å². The summed E-state index contributed by atoms with van der Waals surface area (Å²) in [5.74, 6) is -1.92. The maximum Gasteiger partial charge on any atom is 0.260 e. The monoisotopic (exact) mass is 608 g/mol. The van der Waals surface area contributed by atoms with Crippen LogP contribution in [0.3, 0.4) is 0 Å². The van der Waals surface area contributed by atoms with E-state index in [0.717, 1.165) is 23.0 Å². The molecule has 1 amide bonds. The van der Waals surface area contributed by atoms with Gasteiger partial charge in [-0.2, -0.15) is 4.31 Å². The minimum absolute atomic E-state index is 0. The predicted octanol–water partition coefficient (Wildman–Crippen LogP) is 5.81. The summed E-state index contributed by atoms with van der Waals surface area (Å²) < 4.78 is 56.4. The van der Waals surface area contributed by atoms with Crippen molar-refractivity contribution >= 4 is 55.0 Å². The minimum atomic E-state index is -3.80. The Kier molecular flexibility index (Phi) is 10.7. The number of thiazole rings is 1. The molecule has 3 aromatic carbocycles. The van der Waals surface area contributed by atoms with E-state index in [1.165, 1.54) is 39.5 Å². The molecule has 0 bridgehead atoms. The molecule has 12 heteroatoms. The first-order valence-electron chi connectivity index (χ1n) is 12.5. The number of carbonyl (C=O) groups is 1. The Balaban J connectivity index is 0.00000441. The van der Waals surface area contributed by atoms with Gasteiger partial charge in [0.25, 0.3) is 5.91 Å². The maximum atomic E-state index is 14.3. The van der Waals surface area contributed by atoms with Gasteiger partial charge in [0.2, 0.25) is 10.0 Å². The molecule has 214 valence electrons. The van der Waals surface area contributed by atoms with Crippen molar-refractivity contribution in [1.82, 2.24) is 14.2 Å². The van der Waals surface area contributed by atoms with Crippen LogP contribution in [-0.2, 0) is 16.6 Å². The topological polar surface area (TPSA) is 73.8 Å². The summed E-state index contributed by atoms with van der Waals surface area (Å²) in [6.45, 7) is 3.28. The number of sulfonamides is 1. The van der Waals surface area contributed by atoms with E-state index in [0.29, 0.717) is 24.2 Å². The van der Waals surface area contributed by atoms with Crippen LogP contribution in [0.25, 0.3) is 10.2 Å². The highest BCUT2D eigenvalue weighted by atomic mass is 35.5. The van der Waals surface area contributed by atoms with Crippen LogP contribution in [-0.4, -0.2) is 62.2 Å². The number of rotatable bonds is 11. The summed E-state index contributed by atoms with van der Waals surface area (Å²) >= 11 is 1.03.